The van der Waals surface area contributed by atoms with Crippen molar-refractivity contribution in [2.75, 3.05) is 0 Å². The standard InChI is InChI=1S/C19H12F3N3O2S/c20-19(21,22)18-16(14-9-28-10-23-14)17(13-7-6-12(26)8-15(13)27)25(24-18)11-4-2-1-3-5-11/h1-10,26-27H. The van der Waals surface area contributed by atoms with Crippen LogP contribution in [0.15, 0.2) is 59.4 Å². The third-order valence-corrected chi connectivity index (χ3v) is 4.67. The molecule has 142 valence electrons. The van der Waals surface area contributed by atoms with Gasteiger partial charge in [0.2, 0.25) is 0 Å². The lowest BCUT2D eigenvalue weighted by Gasteiger charge is -2.11. The summed E-state index contributed by atoms with van der Waals surface area (Å²) in [6.45, 7) is 0. The van der Waals surface area contributed by atoms with Gasteiger partial charge in [-0.25, -0.2) is 9.67 Å². The molecule has 2 N–H and O–H groups in total. The van der Waals surface area contributed by atoms with Crippen LogP contribution in [0.2, 0.25) is 0 Å². The summed E-state index contributed by atoms with van der Waals surface area (Å²) < 4.78 is 42.6. The van der Waals surface area contributed by atoms with E-state index < -0.39 is 11.9 Å². The fourth-order valence-corrected chi connectivity index (χ4v) is 3.46. The number of nitrogens with zero attached hydrogens (tertiary/aromatic N) is 3. The van der Waals surface area contributed by atoms with Gasteiger partial charge in [-0.2, -0.15) is 18.3 Å². The number of para-hydroxylation sites is 1. The summed E-state index contributed by atoms with van der Waals surface area (Å²) in [5.41, 5.74) is 0.687. The Morgan fingerprint density at radius 2 is 1.75 bits per heavy atom. The Hall–Kier alpha value is -3.33. The maximum Gasteiger partial charge on any atom is 0.435 e. The van der Waals surface area contributed by atoms with Gasteiger partial charge in [0, 0.05) is 17.0 Å². The first-order chi connectivity index (χ1) is 13.4. The topological polar surface area (TPSA) is 71.2 Å². The predicted molar refractivity (Wildman–Crippen MR) is 98.4 cm³/mol. The van der Waals surface area contributed by atoms with Crippen LogP contribution in [-0.2, 0) is 6.18 Å². The molecule has 0 spiro atoms. The van der Waals surface area contributed by atoms with Gasteiger partial charge in [0.15, 0.2) is 5.69 Å². The van der Waals surface area contributed by atoms with Crippen molar-refractivity contribution in [3.05, 3.63) is 65.1 Å². The molecule has 0 atom stereocenters. The van der Waals surface area contributed by atoms with E-state index in [2.05, 4.69) is 10.1 Å². The average Bonchev–Trinajstić information content (AvgIpc) is 3.29. The largest absolute Gasteiger partial charge is 0.508 e. The molecule has 0 aliphatic heterocycles. The minimum Gasteiger partial charge on any atom is -0.508 e. The number of phenolic OH excluding ortho intramolecular Hbond substituents is 2. The van der Waals surface area contributed by atoms with Crippen molar-refractivity contribution < 1.29 is 23.4 Å². The summed E-state index contributed by atoms with van der Waals surface area (Å²) >= 11 is 1.15. The minimum atomic E-state index is -4.74. The third-order valence-electron chi connectivity index (χ3n) is 4.08. The molecule has 2 heterocycles. The molecule has 5 nitrogen and oxygen atoms in total. The van der Waals surface area contributed by atoms with Crippen LogP contribution in [0.3, 0.4) is 0 Å². The molecule has 4 rings (SSSR count). The van der Waals surface area contributed by atoms with Crippen molar-refractivity contribution in [2.24, 2.45) is 0 Å². The number of phenols is 2. The molecule has 2 aromatic heterocycles. The van der Waals surface area contributed by atoms with Gasteiger partial charge in [0.05, 0.1) is 28.1 Å². The Labute approximate surface area is 161 Å². The fourth-order valence-electron chi connectivity index (χ4n) is 2.92. The molecular formula is C19H12F3N3O2S. The highest BCUT2D eigenvalue weighted by molar-refractivity contribution is 7.07. The molecule has 0 radical (unpaired) electrons. The van der Waals surface area contributed by atoms with Crippen molar-refractivity contribution in [1.29, 1.82) is 0 Å². The molecule has 0 fully saturated rings. The number of alkyl halides is 3. The second kappa shape index (κ2) is 6.68. The quantitative estimate of drug-likeness (QED) is 0.500. The zero-order valence-corrected chi connectivity index (χ0v) is 14.9. The maximum absolute atomic E-state index is 13.8. The molecule has 0 amide bonds. The molecule has 0 unspecified atom stereocenters. The molecule has 0 saturated carbocycles. The maximum atomic E-state index is 13.8. The second-order valence-electron chi connectivity index (χ2n) is 5.89. The number of hydrogen-bond donors (Lipinski definition) is 2. The van der Waals surface area contributed by atoms with E-state index in [9.17, 15) is 23.4 Å². The third kappa shape index (κ3) is 3.09. The first-order valence-corrected chi connectivity index (χ1v) is 8.97. The highest BCUT2D eigenvalue weighted by Crippen LogP contribution is 2.45. The molecule has 0 aliphatic carbocycles. The van der Waals surface area contributed by atoms with E-state index in [0.717, 1.165) is 22.1 Å². The van der Waals surface area contributed by atoms with Crippen molar-refractivity contribution in [3.8, 4) is 39.7 Å². The van der Waals surface area contributed by atoms with Gasteiger partial charge in [-0.15, -0.1) is 11.3 Å². The molecule has 28 heavy (non-hydrogen) atoms. The predicted octanol–water partition coefficient (Wildman–Crippen LogP) is 5.09. The molecule has 0 aliphatic rings. The van der Waals surface area contributed by atoms with Crippen LogP contribution in [0.25, 0.3) is 28.2 Å². The summed E-state index contributed by atoms with van der Waals surface area (Å²) in [4.78, 5) is 4.04. The number of thiazole rings is 1. The van der Waals surface area contributed by atoms with E-state index in [1.807, 2.05) is 0 Å². The van der Waals surface area contributed by atoms with E-state index in [-0.39, 0.29) is 34.0 Å². The van der Waals surface area contributed by atoms with Crippen molar-refractivity contribution in [3.63, 3.8) is 0 Å². The van der Waals surface area contributed by atoms with Crippen LogP contribution in [-0.4, -0.2) is 25.0 Å². The Balaban J connectivity index is 2.13. The Bertz CT molecular complexity index is 1120. The number of halogens is 3. The summed E-state index contributed by atoms with van der Waals surface area (Å²) in [6, 6.07) is 12.0. The van der Waals surface area contributed by atoms with Crippen molar-refractivity contribution in [2.45, 2.75) is 6.18 Å². The van der Waals surface area contributed by atoms with Gasteiger partial charge in [0.25, 0.3) is 0 Å². The van der Waals surface area contributed by atoms with E-state index in [1.54, 1.807) is 30.3 Å². The fraction of sp³-hybridized carbons (Fsp3) is 0.0526. The smallest absolute Gasteiger partial charge is 0.435 e. The van der Waals surface area contributed by atoms with Gasteiger partial charge < -0.3 is 10.2 Å². The number of aromatic hydroxyl groups is 2. The van der Waals surface area contributed by atoms with Gasteiger partial charge in [0.1, 0.15) is 11.5 Å². The van der Waals surface area contributed by atoms with Crippen LogP contribution in [0.4, 0.5) is 13.2 Å². The number of hydrogen-bond acceptors (Lipinski definition) is 5. The molecule has 9 heteroatoms. The SMILES string of the molecule is Oc1ccc(-c2c(-c3cscn3)c(C(F)(F)F)nn2-c2ccccc2)c(O)c1. The minimum absolute atomic E-state index is 0.0296. The number of rotatable bonds is 3. The number of aromatic nitrogens is 3. The van der Waals surface area contributed by atoms with E-state index in [4.69, 9.17) is 0 Å². The second-order valence-corrected chi connectivity index (χ2v) is 6.61. The van der Waals surface area contributed by atoms with Crippen molar-refractivity contribution >= 4 is 11.3 Å². The summed E-state index contributed by atoms with van der Waals surface area (Å²) in [6.07, 6.45) is -4.74. The van der Waals surface area contributed by atoms with Gasteiger partial charge in [-0.1, -0.05) is 18.2 Å². The monoisotopic (exact) mass is 403 g/mol. The Kier molecular flexibility index (Phi) is 4.31. The first kappa shape index (κ1) is 18.1. The lowest BCUT2D eigenvalue weighted by molar-refractivity contribution is -0.140. The highest BCUT2D eigenvalue weighted by Gasteiger charge is 2.41. The lowest BCUT2D eigenvalue weighted by atomic mass is 10.0. The molecule has 2 aromatic carbocycles. The molecular weight excluding hydrogens is 391 g/mol. The summed E-state index contributed by atoms with van der Waals surface area (Å²) in [5, 5.41) is 25.3. The number of benzene rings is 2. The van der Waals surface area contributed by atoms with Crippen LogP contribution in [0.1, 0.15) is 5.69 Å². The van der Waals surface area contributed by atoms with Crippen LogP contribution >= 0.6 is 11.3 Å². The average molecular weight is 403 g/mol. The zero-order chi connectivity index (χ0) is 19.9. The Morgan fingerprint density at radius 3 is 2.36 bits per heavy atom. The molecule has 0 saturated heterocycles. The van der Waals surface area contributed by atoms with Gasteiger partial charge in [-0.05, 0) is 24.3 Å². The summed E-state index contributed by atoms with van der Waals surface area (Å²) in [7, 11) is 0. The normalized spacial score (nSPS) is 11.7. The highest BCUT2D eigenvalue weighted by atomic mass is 32.1. The van der Waals surface area contributed by atoms with Crippen LogP contribution < -0.4 is 0 Å². The van der Waals surface area contributed by atoms with E-state index in [1.165, 1.54) is 23.0 Å². The Morgan fingerprint density at radius 1 is 1.00 bits per heavy atom. The summed E-state index contributed by atoms with van der Waals surface area (Å²) in [5.74, 6) is -0.583. The van der Waals surface area contributed by atoms with Gasteiger partial charge >= 0.3 is 6.18 Å². The van der Waals surface area contributed by atoms with Crippen LogP contribution in [0, 0.1) is 0 Å². The van der Waals surface area contributed by atoms with Gasteiger partial charge in [-0.3, -0.25) is 0 Å². The van der Waals surface area contributed by atoms with Crippen molar-refractivity contribution in [1.82, 2.24) is 14.8 Å². The molecule has 4 aromatic rings. The van der Waals surface area contributed by atoms with E-state index >= 15 is 0 Å². The first-order valence-electron chi connectivity index (χ1n) is 8.03. The molecule has 0 bridgehead atoms. The zero-order valence-electron chi connectivity index (χ0n) is 14.1. The lowest BCUT2D eigenvalue weighted by Crippen LogP contribution is -2.08. The van der Waals surface area contributed by atoms with Crippen LogP contribution in [0.5, 0.6) is 11.5 Å². The van der Waals surface area contributed by atoms with E-state index in [0.29, 0.717) is 5.69 Å².